The quantitative estimate of drug-likeness (QED) is 0.806. The van der Waals surface area contributed by atoms with Gasteiger partial charge in [-0.3, -0.25) is 0 Å². The molecule has 1 aromatic rings. The zero-order chi connectivity index (χ0) is 12.1. The lowest BCUT2D eigenvalue weighted by Crippen LogP contribution is -2.31. The average molecular weight is 228 g/mol. The maximum absolute atomic E-state index is 6.14. The second kappa shape index (κ2) is 5.75. The summed E-state index contributed by atoms with van der Waals surface area (Å²) in [6, 6.07) is 8.34. The zero-order valence-corrected chi connectivity index (χ0v) is 10.2. The van der Waals surface area contributed by atoms with Crippen molar-refractivity contribution in [3.8, 4) is 12.3 Å². The van der Waals surface area contributed by atoms with Crippen LogP contribution in [-0.2, 0) is 0 Å². The molecule has 1 aliphatic heterocycles. The molecule has 0 amide bonds. The topological polar surface area (TPSA) is 29.3 Å². The molecule has 0 bridgehead atoms. The summed E-state index contributed by atoms with van der Waals surface area (Å²) in [5.74, 6) is 2.65. The largest absolute Gasteiger partial charge is 0.371 e. The molecule has 0 radical (unpaired) electrons. The molecule has 1 unspecified atom stereocenters. The monoisotopic (exact) mass is 228 g/mol. The summed E-state index contributed by atoms with van der Waals surface area (Å²) >= 11 is 0. The van der Waals surface area contributed by atoms with Gasteiger partial charge < -0.3 is 10.6 Å². The predicted molar refractivity (Wildman–Crippen MR) is 72.9 cm³/mol. The van der Waals surface area contributed by atoms with E-state index < -0.39 is 0 Å². The number of hydrogen-bond acceptors (Lipinski definition) is 2. The van der Waals surface area contributed by atoms with Gasteiger partial charge in [0.2, 0.25) is 0 Å². The minimum Gasteiger partial charge on any atom is -0.371 e. The van der Waals surface area contributed by atoms with E-state index in [-0.39, 0.29) is 6.04 Å². The van der Waals surface area contributed by atoms with Crippen LogP contribution in [0.5, 0.6) is 0 Å². The third kappa shape index (κ3) is 2.81. The standard InChI is InChI=1S/C15H20N2/c1-2-8-14(16)13-9-4-5-10-15(13)17-11-6-3-7-12-17/h1,4-5,9-10,14H,3,6-8,11-12,16H2. The van der Waals surface area contributed by atoms with E-state index in [1.807, 2.05) is 6.07 Å². The van der Waals surface area contributed by atoms with Crippen molar-refractivity contribution < 1.29 is 0 Å². The highest BCUT2D eigenvalue weighted by Gasteiger charge is 2.16. The van der Waals surface area contributed by atoms with E-state index in [2.05, 4.69) is 29.0 Å². The Kier molecular flexibility index (Phi) is 4.06. The van der Waals surface area contributed by atoms with Gasteiger partial charge in [0.1, 0.15) is 0 Å². The first-order valence-corrected chi connectivity index (χ1v) is 6.36. The Morgan fingerprint density at radius 1 is 1.24 bits per heavy atom. The van der Waals surface area contributed by atoms with Crippen molar-refractivity contribution in [1.82, 2.24) is 0 Å². The van der Waals surface area contributed by atoms with E-state index in [0.717, 1.165) is 13.1 Å². The van der Waals surface area contributed by atoms with Gasteiger partial charge in [-0.1, -0.05) is 18.2 Å². The molecule has 0 aliphatic carbocycles. The highest BCUT2D eigenvalue weighted by molar-refractivity contribution is 5.55. The van der Waals surface area contributed by atoms with Crippen molar-refractivity contribution in [3.63, 3.8) is 0 Å². The molecule has 0 saturated carbocycles. The number of anilines is 1. The Hall–Kier alpha value is -1.46. The summed E-state index contributed by atoms with van der Waals surface area (Å²) in [4.78, 5) is 2.44. The van der Waals surface area contributed by atoms with Crippen molar-refractivity contribution in [3.05, 3.63) is 29.8 Å². The minimum atomic E-state index is -0.0434. The lowest BCUT2D eigenvalue weighted by atomic mass is 10.0. The first-order valence-electron chi connectivity index (χ1n) is 6.36. The molecule has 2 N–H and O–H groups in total. The maximum Gasteiger partial charge on any atom is 0.0426 e. The van der Waals surface area contributed by atoms with Crippen LogP contribution in [0.4, 0.5) is 5.69 Å². The fraction of sp³-hybridized carbons (Fsp3) is 0.467. The molecule has 0 spiro atoms. The molecule has 2 rings (SSSR count). The zero-order valence-electron chi connectivity index (χ0n) is 10.2. The van der Waals surface area contributed by atoms with Crippen LogP contribution in [-0.4, -0.2) is 13.1 Å². The number of hydrogen-bond donors (Lipinski definition) is 1. The van der Waals surface area contributed by atoms with E-state index in [1.54, 1.807) is 0 Å². The van der Waals surface area contributed by atoms with Gasteiger partial charge in [-0.2, -0.15) is 0 Å². The van der Waals surface area contributed by atoms with Crippen LogP contribution in [0, 0.1) is 12.3 Å². The van der Waals surface area contributed by atoms with Crippen LogP contribution in [0.15, 0.2) is 24.3 Å². The molecule has 1 atom stereocenters. The molecule has 1 heterocycles. The predicted octanol–water partition coefficient (Wildman–Crippen LogP) is 2.70. The van der Waals surface area contributed by atoms with Crippen LogP contribution in [0.2, 0.25) is 0 Å². The molecule has 2 nitrogen and oxygen atoms in total. The Morgan fingerprint density at radius 3 is 2.65 bits per heavy atom. The van der Waals surface area contributed by atoms with Crippen molar-refractivity contribution in [2.24, 2.45) is 5.73 Å². The number of nitrogens with two attached hydrogens (primary N) is 1. The Balaban J connectivity index is 2.23. The molecule has 1 aromatic carbocycles. The van der Waals surface area contributed by atoms with Gasteiger partial charge in [0.25, 0.3) is 0 Å². The average Bonchev–Trinajstić information content (AvgIpc) is 2.40. The number of benzene rings is 1. The molecule has 90 valence electrons. The lowest BCUT2D eigenvalue weighted by molar-refractivity contribution is 0.574. The van der Waals surface area contributed by atoms with Crippen LogP contribution in [0.25, 0.3) is 0 Å². The van der Waals surface area contributed by atoms with Gasteiger partial charge in [-0.05, 0) is 30.9 Å². The fourth-order valence-corrected chi connectivity index (χ4v) is 2.46. The van der Waals surface area contributed by atoms with Crippen LogP contribution < -0.4 is 10.6 Å². The summed E-state index contributed by atoms with van der Waals surface area (Å²) in [5.41, 5.74) is 8.60. The Labute approximate surface area is 104 Å². The highest BCUT2D eigenvalue weighted by atomic mass is 15.1. The SMILES string of the molecule is C#CCC(N)c1ccccc1N1CCCCC1. The number of terminal acetylenes is 1. The van der Waals surface area contributed by atoms with Crippen molar-refractivity contribution in [2.75, 3.05) is 18.0 Å². The van der Waals surface area contributed by atoms with Crippen LogP contribution >= 0.6 is 0 Å². The van der Waals surface area contributed by atoms with Crippen molar-refractivity contribution in [1.29, 1.82) is 0 Å². The lowest BCUT2D eigenvalue weighted by Gasteiger charge is -2.31. The molecule has 1 aliphatic rings. The molecule has 17 heavy (non-hydrogen) atoms. The van der Waals surface area contributed by atoms with Gasteiger partial charge in [0, 0.05) is 31.2 Å². The Morgan fingerprint density at radius 2 is 1.94 bits per heavy atom. The summed E-state index contributed by atoms with van der Waals surface area (Å²) < 4.78 is 0. The van der Waals surface area contributed by atoms with Gasteiger partial charge in [-0.15, -0.1) is 12.3 Å². The van der Waals surface area contributed by atoms with Gasteiger partial charge in [0.15, 0.2) is 0 Å². The second-order valence-corrected chi connectivity index (χ2v) is 4.62. The first kappa shape index (κ1) is 12.0. The molecular formula is C15H20N2. The number of para-hydroxylation sites is 1. The Bertz CT molecular complexity index is 400. The molecule has 0 aromatic heterocycles. The van der Waals surface area contributed by atoms with E-state index in [0.29, 0.717) is 6.42 Å². The smallest absolute Gasteiger partial charge is 0.0426 e. The fourth-order valence-electron chi connectivity index (χ4n) is 2.46. The maximum atomic E-state index is 6.14. The van der Waals surface area contributed by atoms with Gasteiger partial charge in [0.05, 0.1) is 0 Å². The van der Waals surface area contributed by atoms with E-state index in [1.165, 1.54) is 30.5 Å². The summed E-state index contributed by atoms with van der Waals surface area (Å²) in [6.07, 6.45) is 9.85. The number of nitrogens with zero attached hydrogens (tertiary/aromatic N) is 1. The minimum absolute atomic E-state index is 0.0434. The van der Waals surface area contributed by atoms with E-state index in [9.17, 15) is 0 Å². The summed E-state index contributed by atoms with van der Waals surface area (Å²) in [6.45, 7) is 2.28. The second-order valence-electron chi connectivity index (χ2n) is 4.62. The molecule has 1 fully saturated rings. The molecular weight excluding hydrogens is 208 g/mol. The van der Waals surface area contributed by atoms with Crippen molar-refractivity contribution >= 4 is 5.69 Å². The molecule has 2 heteroatoms. The van der Waals surface area contributed by atoms with E-state index >= 15 is 0 Å². The first-order chi connectivity index (χ1) is 8.33. The number of piperidine rings is 1. The van der Waals surface area contributed by atoms with Crippen molar-refractivity contribution in [2.45, 2.75) is 31.7 Å². The van der Waals surface area contributed by atoms with Crippen LogP contribution in [0.1, 0.15) is 37.3 Å². The number of rotatable bonds is 3. The summed E-state index contributed by atoms with van der Waals surface area (Å²) in [7, 11) is 0. The molecule has 1 saturated heterocycles. The van der Waals surface area contributed by atoms with Crippen LogP contribution in [0.3, 0.4) is 0 Å². The third-order valence-corrected chi connectivity index (χ3v) is 3.37. The van der Waals surface area contributed by atoms with Gasteiger partial charge in [-0.25, -0.2) is 0 Å². The highest BCUT2D eigenvalue weighted by Crippen LogP contribution is 2.28. The normalized spacial score (nSPS) is 17.5. The van der Waals surface area contributed by atoms with E-state index in [4.69, 9.17) is 12.2 Å². The summed E-state index contributed by atoms with van der Waals surface area (Å²) in [5, 5.41) is 0. The van der Waals surface area contributed by atoms with Gasteiger partial charge >= 0.3 is 0 Å². The third-order valence-electron chi connectivity index (χ3n) is 3.37.